The van der Waals surface area contributed by atoms with Crippen LogP contribution in [0, 0.1) is 0 Å². The molecule has 0 aliphatic heterocycles. The van der Waals surface area contributed by atoms with Crippen molar-refractivity contribution in [3.05, 3.63) is 65.7 Å². The highest BCUT2D eigenvalue weighted by Crippen LogP contribution is 2.26. The second kappa shape index (κ2) is 11.7. The molecule has 0 aliphatic carbocycles. The fourth-order valence-electron chi connectivity index (χ4n) is 3.72. The van der Waals surface area contributed by atoms with Crippen molar-refractivity contribution < 1.29 is 18.0 Å². The van der Waals surface area contributed by atoms with E-state index in [2.05, 4.69) is 26.1 Å². The maximum absolute atomic E-state index is 13.5. The van der Waals surface area contributed by atoms with Crippen LogP contribution in [-0.2, 0) is 31.4 Å². The lowest BCUT2D eigenvalue weighted by Crippen LogP contribution is -2.53. The first kappa shape index (κ1) is 28.4. The van der Waals surface area contributed by atoms with Crippen molar-refractivity contribution in [2.75, 3.05) is 23.7 Å². The summed E-state index contributed by atoms with van der Waals surface area (Å²) in [5.74, 6) is -0.709. The number of rotatable bonds is 10. The number of anilines is 1. The van der Waals surface area contributed by atoms with E-state index < -0.39 is 22.0 Å². The fraction of sp³-hybridized carbons (Fsp3) is 0.481. The summed E-state index contributed by atoms with van der Waals surface area (Å²) >= 11 is 0. The molecule has 0 heterocycles. The third-order valence-corrected chi connectivity index (χ3v) is 6.92. The Labute approximate surface area is 210 Å². The van der Waals surface area contributed by atoms with E-state index in [1.807, 2.05) is 56.3 Å². The molecule has 0 unspecified atom stereocenters. The van der Waals surface area contributed by atoms with Gasteiger partial charge in [-0.1, -0.05) is 63.2 Å². The number of nitrogens with one attached hydrogen (secondary N) is 1. The van der Waals surface area contributed by atoms with E-state index in [-0.39, 0.29) is 30.5 Å². The zero-order valence-electron chi connectivity index (χ0n) is 21.9. The van der Waals surface area contributed by atoms with Gasteiger partial charge in [0.2, 0.25) is 21.8 Å². The van der Waals surface area contributed by atoms with Crippen molar-refractivity contribution in [2.45, 2.75) is 65.5 Å². The highest BCUT2D eigenvalue weighted by atomic mass is 32.2. The van der Waals surface area contributed by atoms with Crippen LogP contribution in [0.1, 0.15) is 52.7 Å². The van der Waals surface area contributed by atoms with Crippen LogP contribution in [0.5, 0.6) is 0 Å². The summed E-state index contributed by atoms with van der Waals surface area (Å²) in [4.78, 5) is 27.7. The average molecular weight is 502 g/mol. The Hall–Kier alpha value is -2.87. The molecular weight excluding hydrogens is 462 g/mol. The van der Waals surface area contributed by atoms with Crippen LogP contribution in [-0.4, -0.2) is 56.6 Å². The van der Waals surface area contributed by atoms with Crippen molar-refractivity contribution >= 4 is 27.5 Å². The van der Waals surface area contributed by atoms with Crippen LogP contribution in [0.15, 0.2) is 54.6 Å². The molecule has 7 nitrogen and oxygen atoms in total. The molecule has 0 radical (unpaired) electrons. The van der Waals surface area contributed by atoms with Crippen molar-refractivity contribution in [2.24, 2.45) is 0 Å². The molecule has 0 spiro atoms. The molecule has 8 heteroatoms. The molecule has 35 heavy (non-hydrogen) atoms. The molecule has 2 amide bonds. The van der Waals surface area contributed by atoms with E-state index in [4.69, 9.17) is 0 Å². The Morgan fingerprint density at radius 1 is 0.943 bits per heavy atom. The highest BCUT2D eigenvalue weighted by Gasteiger charge is 2.30. The van der Waals surface area contributed by atoms with Crippen LogP contribution in [0.4, 0.5) is 5.69 Å². The summed E-state index contributed by atoms with van der Waals surface area (Å²) < 4.78 is 26.5. The Morgan fingerprint density at radius 3 is 2.00 bits per heavy atom. The molecule has 0 bridgehead atoms. The number of hydrogen-bond acceptors (Lipinski definition) is 4. The van der Waals surface area contributed by atoms with Crippen molar-refractivity contribution in [3.8, 4) is 0 Å². The van der Waals surface area contributed by atoms with Crippen molar-refractivity contribution in [1.29, 1.82) is 0 Å². The van der Waals surface area contributed by atoms with E-state index in [1.54, 1.807) is 19.1 Å². The Balaban J connectivity index is 2.32. The van der Waals surface area contributed by atoms with E-state index in [1.165, 1.54) is 4.90 Å². The lowest BCUT2D eigenvalue weighted by Gasteiger charge is -2.32. The lowest BCUT2D eigenvalue weighted by molar-refractivity contribution is -0.139. The van der Waals surface area contributed by atoms with Crippen LogP contribution < -0.4 is 9.62 Å². The molecule has 1 N–H and O–H groups in total. The van der Waals surface area contributed by atoms with Crippen molar-refractivity contribution in [3.63, 3.8) is 0 Å². The fourth-order valence-corrected chi connectivity index (χ4v) is 4.57. The van der Waals surface area contributed by atoms with Gasteiger partial charge < -0.3 is 10.2 Å². The van der Waals surface area contributed by atoms with Gasteiger partial charge in [-0.2, -0.15) is 0 Å². The van der Waals surface area contributed by atoms with E-state index in [9.17, 15) is 18.0 Å². The van der Waals surface area contributed by atoms with E-state index >= 15 is 0 Å². The summed E-state index contributed by atoms with van der Waals surface area (Å²) in [6.45, 7) is 11.5. The van der Waals surface area contributed by atoms with Gasteiger partial charge in [-0.05, 0) is 55.9 Å². The quantitative estimate of drug-likeness (QED) is 0.537. The molecule has 0 aliphatic rings. The van der Waals surface area contributed by atoms with Gasteiger partial charge in [-0.3, -0.25) is 13.9 Å². The number of benzene rings is 2. The monoisotopic (exact) mass is 501 g/mol. The molecule has 0 saturated carbocycles. The summed E-state index contributed by atoms with van der Waals surface area (Å²) in [5, 5.41) is 2.85. The van der Waals surface area contributed by atoms with E-state index in [0.29, 0.717) is 12.1 Å². The van der Waals surface area contributed by atoms with Gasteiger partial charge in [-0.25, -0.2) is 8.42 Å². The number of hydrogen-bond donors (Lipinski definition) is 1. The second-order valence-electron chi connectivity index (χ2n) is 10.2. The number of sulfonamides is 1. The maximum atomic E-state index is 13.5. The Morgan fingerprint density at radius 2 is 1.51 bits per heavy atom. The van der Waals surface area contributed by atoms with Gasteiger partial charge in [0.1, 0.15) is 12.6 Å². The minimum atomic E-state index is -3.74. The zero-order chi connectivity index (χ0) is 26.4. The summed E-state index contributed by atoms with van der Waals surface area (Å²) in [6.07, 6.45) is 1.63. The molecule has 2 rings (SSSR count). The maximum Gasteiger partial charge on any atom is 0.244 e. The third kappa shape index (κ3) is 8.38. The molecule has 2 aromatic rings. The normalized spacial score (nSPS) is 12.8. The van der Waals surface area contributed by atoms with Gasteiger partial charge in [0.05, 0.1) is 11.9 Å². The second-order valence-corrected chi connectivity index (χ2v) is 12.1. The van der Waals surface area contributed by atoms with Crippen LogP contribution >= 0.6 is 0 Å². The van der Waals surface area contributed by atoms with Gasteiger partial charge in [-0.15, -0.1) is 0 Å². The van der Waals surface area contributed by atoms with Crippen LogP contribution in [0.25, 0.3) is 0 Å². The number of carbonyl (C=O) groups excluding carboxylic acids is 2. The largest absolute Gasteiger partial charge is 0.352 e. The standard InChI is InChI=1S/C27H39N3O4S/c1-20(2)28-26(32)21(3)29(18-17-22-11-9-8-10-12-22)25(31)19-30(35(7,33)34)24-15-13-23(14-16-24)27(4,5)6/h8-16,20-21H,17-19H2,1-7H3,(H,28,32)/t21-/m1/s1. The zero-order valence-corrected chi connectivity index (χ0v) is 22.7. The molecule has 0 fully saturated rings. The Kier molecular flexibility index (Phi) is 9.49. The summed E-state index contributed by atoms with van der Waals surface area (Å²) in [5.41, 5.74) is 2.41. The minimum Gasteiger partial charge on any atom is -0.352 e. The first-order valence-electron chi connectivity index (χ1n) is 11.9. The average Bonchev–Trinajstić information content (AvgIpc) is 2.76. The molecule has 2 aromatic carbocycles. The van der Waals surface area contributed by atoms with Gasteiger partial charge in [0.15, 0.2) is 0 Å². The molecule has 0 aromatic heterocycles. The number of nitrogens with zero attached hydrogens (tertiary/aromatic N) is 2. The van der Waals surface area contributed by atoms with Gasteiger partial charge in [0.25, 0.3) is 0 Å². The predicted molar refractivity (Wildman–Crippen MR) is 142 cm³/mol. The van der Waals surface area contributed by atoms with Gasteiger partial charge in [0, 0.05) is 12.6 Å². The van der Waals surface area contributed by atoms with E-state index in [0.717, 1.165) is 21.7 Å². The summed E-state index contributed by atoms with van der Waals surface area (Å²) in [7, 11) is -3.74. The predicted octanol–water partition coefficient (Wildman–Crippen LogP) is 3.73. The van der Waals surface area contributed by atoms with Crippen LogP contribution in [0.2, 0.25) is 0 Å². The molecular formula is C27H39N3O4S. The number of amides is 2. The Bertz CT molecular complexity index is 1090. The minimum absolute atomic E-state index is 0.0788. The SMILES string of the molecule is CC(C)NC(=O)[C@@H](C)N(CCc1ccccc1)C(=O)CN(c1ccc(C(C)(C)C)cc1)S(C)(=O)=O. The topological polar surface area (TPSA) is 86.8 Å². The summed E-state index contributed by atoms with van der Waals surface area (Å²) in [6, 6.07) is 16.0. The molecule has 0 saturated heterocycles. The third-order valence-electron chi connectivity index (χ3n) is 5.78. The lowest BCUT2D eigenvalue weighted by atomic mass is 9.87. The van der Waals surface area contributed by atoms with Gasteiger partial charge >= 0.3 is 0 Å². The number of carbonyl (C=O) groups is 2. The first-order chi connectivity index (χ1) is 16.2. The van der Waals surface area contributed by atoms with Crippen LogP contribution in [0.3, 0.4) is 0 Å². The van der Waals surface area contributed by atoms with Crippen molar-refractivity contribution in [1.82, 2.24) is 10.2 Å². The first-order valence-corrected chi connectivity index (χ1v) is 13.8. The highest BCUT2D eigenvalue weighted by molar-refractivity contribution is 7.92. The molecule has 1 atom stereocenters. The molecule has 192 valence electrons. The smallest absolute Gasteiger partial charge is 0.244 e.